The molecule has 0 radical (unpaired) electrons. The number of aliphatic hydroxyl groups is 1. The lowest BCUT2D eigenvalue weighted by Gasteiger charge is -2.40. The average Bonchev–Trinajstić information content (AvgIpc) is 3.03. The molecular formula is C22H24N2O3. The van der Waals surface area contributed by atoms with Gasteiger partial charge in [-0.05, 0) is 37.1 Å². The van der Waals surface area contributed by atoms with Crippen LogP contribution in [0.5, 0.6) is 0 Å². The number of ether oxygens (including phenoxy) is 1. The quantitative estimate of drug-likeness (QED) is 0.749. The molecule has 0 unspecified atom stereocenters. The normalized spacial score (nSPS) is 20.2. The first kappa shape index (κ1) is 17.8. The zero-order valence-electron chi connectivity index (χ0n) is 15.6. The third-order valence-corrected chi connectivity index (χ3v) is 5.36. The van der Waals surface area contributed by atoms with Crippen LogP contribution in [0.1, 0.15) is 33.2 Å². The van der Waals surface area contributed by atoms with Crippen molar-refractivity contribution >= 4 is 16.8 Å². The molecule has 3 aromatic rings. The Kier molecular flexibility index (Phi) is 4.72. The number of benzene rings is 2. The predicted molar refractivity (Wildman–Crippen MR) is 105 cm³/mol. The molecule has 0 spiro atoms. The highest BCUT2D eigenvalue weighted by Crippen LogP contribution is 2.32. The van der Waals surface area contributed by atoms with Crippen LogP contribution in [0.25, 0.3) is 10.9 Å². The number of H-pyrrole nitrogens is 1. The third-order valence-electron chi connectivity index (χ3n) is 5.36. The van der Waals surface area contributed by atoms with Gasteiger partial charge in [-0.3, -0.25) is 4.79 Å². The molecule has 1 amide bonds. The van der Waals surface area contributed by atoms with Crippen LogP contribution in [-0.2, 0) is 4.74 Å². The number of hydrogen-bond acceptors (Lipinski definition) is 3. The van der Waals surface area contributed by atoms with E-state index in [0.717, 1.165) is 27.6 Å². The van der Waals surface area contributed by atoms with E-state index in [1.165, 1.54) is 0 Å². The second-order valence-electron chi connectivity index (χ2n) is 7.12. The largest absolute Gasteiger partial charge is 0.394 e. The fourth-order valence-corrected chi connectivity index (χ4v) is 3.96. The molecule has 0 aliphatic carbocycles. The van der Waals surface area contributed by atoms with Gasteiger partial charge in [-0.1, -0.05) is 42.0 Å². The molecule has 1 aromatic heterocycles. The van der Waals surface area contributed by atoms with Crippen molar-refractivity contribution in [1.82, 2.24) is 9.88 Å². The first-order valence-electron chi connectivity index (χ1n) is 9.27. The molecule has 2 heterocycles. The lowest BCUT2D eigenvalue weighted by atomic mass is 9.97. The van der Waals surface area contributed by atoms with E-state index in [1.54, 1.807) is 0 Å². The van der Waals surface area contributed by atoms with Crippen LogP contribution < -0.4 is 0 Å². The number of carbonyl (C=O) groups is 1. The van der Waals surface area contributed by atoms with E-state index in [9.17, 15) is 9.90 Å². The highest BCUT2D eigenvalue weighted by atomic mass is 16.5. The summed E-state index contributed by atoms with van der Waals surface area (Å²) in [5.74, 6) is -0.0584. The van der Waals surface area contributed by atoms with Crippen molar-refractivity contribution in [2.45, 2.75) is 26.0 Å². The molecule has 140 valence electrons. The molecule has 1 aliphatic heterocycles. The summed E-state index contributed by atoms with van der Waals surface area (Å²) < 4.78 is 5.76. The SMILES string of the molecule is Cc1ccc2[nH]c(C(=O)N3CCO[C@H](CO)[C@H]3c3ccccc3)c(C)c2c1. The number of aryl methyl sites for hydroxylation is 2. The van der Waals surface area contributed by atoms with Crippen molar-refractivity contribution in [3.8, 4) is 0 Å². The first-order valence-corrected chi connectivity index (χ1v) is 9.27. The number of hydrogen-bond donors (Lipinski definition) is 2. The number of nitrogens with zero attached hydrogens (tertiary/aromatic N) is 1. The van der Waals surface area contributed by atoms with Gasteiger partial charge in [0.15, 0.2) is 0 Å². The van der Waals surface area contributed by atoms with Crippen LogP contribution in [0.15, 0.2) is 48.5 Å². The molecule has 2 aromatic carbocycles. The Morgan fingerprint density at radius 3 is 2.74 bits per heavy atom. The lowest BCUT2D eigenvalue weighted by molar-refractivity contribution is -0.0812. The van der Waals surface area contributed by atoms with Crippen LogP contribution in [0.4, 0.5) is 0 Å². The van der Waals surface area contributed by atoms with E-state index in [4.69, 9.17) is 4.74 Å². The number of rotatable bonds is 3. The van der Waals surface area contributed by atoms with E-state index in [0.29, 0.717) is 18.8 Å². The third kappa shape index (κ3) is 3.13. The van der Waals surface area contributed by atoms with Crippen molar-refractivity contribution < 1.29 is 14.6 Å². The van der Waals surface area contributed by atoms with Gasteiger partial charge in [0.25, 0.3) is 5.91 Å². The zero-order chi connectivity index (χ0) is 19.0. The predicted octanol–water partition coefficient (Wildman–Crippen LogP) is 3.36. The number of fused-ring (bicyclic) bond motifs is 1. The molecule has 5 heteroatoms. The van der Waals surface area contributed by atoms with E-state index in [1.807, 2.05) is 61.2 Å². The molecule has 27 heavy (non-hydrogen) atoms. The van der Waals surface area contributed by atoms with Crippen molar-refractivity contribution in [3.05, 3.63) is 70.9 Å². The topological polar surface area (TPSA) is 65.6 Å². The Bertz CT molecular complexity index is 964. The van der Waals surface area contributed by atoms with E-state index in [-0.39, 0.29) is 18.6 Å². The standard InChI is InChI=1S/C22H24N2O3/c1-14-8-9-18-17(12-14)15(2)20(23-18)22(26)24-10-11-27-19(13-25)21(24)16-6-4-3-5-7-16/h3-9,12,19,21,23,25H,10-11,13H2,1-2H3/t19-,21-/m1/s1. The van der Waals surface area contributed by atoms with Gasteiger partial charge >= 0.3 is 0 Å². The Morgan fingerprint density at radius 1 is 1.22 bits per heavy atom. The van der Waals surface area contributed by atoms with Gasteiger partial charge < -0.3 is 19.7 Å². The second-order valence-corrected chi connectivity index (χ2v) is 7.12. The van der Waals surface area contributed by atoms with Gasteiger partial charge in [0.1, 0.15) is 11.8 Å². The molecule has 2 atom stereocenters. The number of aromatic nitrogens is 1. The van der Waals surface area contributed by atoms with Crippen molar-refractivity contribution in [3.63, 3.8) is 0 Å². The minimum absolute atomic E-state index is 0.0584. The van der Waals surface area contributed by atoms with Gasteiger partial charge in [0.05, 0.1) is 19.3 Å². The fraction of sp³-hybridized carbons (Fsp3) is 0.318. The highest BCUT2D eigenvalue weighted by molar-refractivity contribution is 6.01. The number of morpholine rings is 1. The van der Waals surface area contributed by atoms with E-state index >= 15 is 0 Å². The second kappa shape index (κ2) is 7.18. The Morgan fingerprint density at radius 2 is 2.00 bits per heavy atom. The molecule has 2 N–H and O–H groups in total. The summed E-state index contributed by atoms with van der Waals surface area (Å²) in [5, 5.41) is 10.9. The molecule has 4 rings (SSSR count). The minimum atomic E-state index is -0.433. The molecule has 5 nitrogen and oxygen atoms in total. The smallest absolute Gasteiger partial charge is 0.271 e. The number of aromatic amines is 1. The zero-order valence-corrected chi connectivity index (χ0v) is 15.6. The lowest BCUT2D eigenvalue weighted by Crippen LogP contribution is -2.49. The Hall–Kier alpha value is -2.63. The van der Waals surface area contributed by atoms with Gasteiger partial charge in [-0.25, -0.2) is 0 Å². The summed E-state index contributed by atoms with van der Waals surface area (Å²) in [6.45, 7) is 4.80. The van der Waals surface area contributed by atoms with Crippen LogP contribution in [-0.4, -0.2) is 46.8 Å². The minimum Gasteiger partial charge on any atom is -0.394 e. The highest BCUT2D eigenvalue weighted by Gasteiger charge is 2.37. The molecule has 0 bridgehead atoms. The molecule has 1 fully saturated rings. The van der Waals surface area contributed by atoms with Crippen molar-refractivity contribution in [2.75, 3.05) is 19.8 Å². The van der Waals surface area contributed by atoms with E-state index < -0.39 is 6.10 Å². The van der Waals surface area contributed by atoms with Gasteiger partial charge in [0, 0.05) is 17.4 Å². The van der Waals surface area contributed by atoms with Crippen LogP contribution >= 0.6 is 0 Å². The summed E-state index contributed by atoms with van der Waals surface area (Å²) in [4.78, 5) is 18.6. The Labute approximate surface area is 158 Å². The maximum absolute atomic E-state index is 13.5. The maximum Gasteiger partial charge on any atom is 0.271 e. The van der Waals surface area contributed by atoms with Crippen LogP contribution in [0.2, 0.25) is 0 Å². The summed E-state index contributed by atoms with van der Waals surface area (Å²) in [7, 11) is 0. The fourth-order valence-electron chi connectivity index (χ4n) is 3.96. The number of nitrogens with one attached hydrogen (secondary N) is 1. The molecular weight excluding hydrogens is 340 g/mol. The summed E-state index contributed by atoms with van der Waals surface area (Å²) in [6, 6.07) is 15.6. The van der Waals surface area contributed by atoms with Crippen LogP contribution in [0.3, 0.4) is 0 Å². The molecule has 1 aliphatic rings. The summed E-state index contributed by atoms with van der Waals surface area (Å²) in [5.41, 5.74) is 4.66. The monoisotopic (exact) mass is 364 g/mol. The van der Waals surface area contributed by atoms with Crippen molar-refractivity contribution in [2.24, 2.45) is 0 Å². The number of aliphatic hydroxyl groups excluding tert-OH is 1. The van der Waals surface area contributed by atoms with Gasteiger partial charge in [0.2, 0.25) is 0 Å². The van der Waals surface area contributed by atoms with Gasteiger partial charge in [-0.15, -0.1) is 0 Å². The Balaban J connectivity index is 1.76. The average molecular weight is 364 g/mol. The summed E-state index contributed by atoms with van der Waals surface area (Å²) in [6.07, 6.45) is -0.433. The molecule has 1 saturated heterocycles. The number of carbonyl (C=O) groups excluding carboxylic acids is 1. The van der Waals surface area contributed by atoms with E-state index in [2.05, 4.69) is 11.1 Å². The first-order chi connectivity index (χ1) is 13.1. The van der Waals surface area contributed by atoms with Crippen molar-refractivity contribution in [1.29, 1.82) is 0 Å². The van der Waals surface area contributed by atoms with Gasteiger partial charge in [-0.2, -0.15) is 0 Å². The maximum atomic E-state index is 13.5. The number of amides is 1. The molecule has 0 saturated carbocycles. The van der Waals surface area contributed by atoms with Crippen LogP contribution in [0, 0.1) is 13.8 Å². The summed E-state index contributed by atoms with van der Waals surface area (Å²) >= 11 is 0.